The van der Waals surface area contributed by atoms with Crippen LogP contribution in [0.5, 0.6) is 0 Å². The third-order valence-electron chi connectivity index (χ3n) is 4.53. The number of rotatable bonds is 5. The molecule has 1 fully saturated rings. The summed E-state index contributed by atoms with van der Waals surface area (Å²) in [7, 11) is -3.14. The van der Waals surface area contributed by atoms with Crippen LogP contribution in [0.1, 0.15) is 48.5 Å². The van der Waals surface area contributed by atoms with Gasteiger partial charge in [0.2, 0.25) is 0 Å². The molecule has 24 heavy (non-hydrogen) atoms. The molecule has 0 aromatic heterocycles. The quantitative estimate of drug-likeness (QED) is 0.843. The molecule has 6 nitrogen and oxygen atoms in total. The number of nitrogens with one attached hydrogen (secondary N) is 1. The van der Waals surface area contributed by atoms with Gasteiger partial charge in [0.1, 0.15) is 5.54 Å². The third-order valence-corrected chi connectivity index (χ3v) is 5.39. The van der Waals surface area contributed by atoms with Crippen molar-refractivity contribution in [3.05, 3.63) is 35.4 Å². The summed E-state index contributed by atoms with van der Waals surface area (Å²) in [5.74, 6) is -1.08. The summed E-state index contributed by atoms with van der Waals surface area (Å²) >= 11 is 0. The summed E-state index contributed by atoms with van der Waals surface area (Å²) in [6, 6.07) is 6.20. The molecule has 0 saturated heterocycles. The number of sulfone groups is 1. The molecule has 1 aliphatic carbocycles. The topological polar surface area (TPSA) is 101 Å². The SMILES string of the molecule is CC1CCC(NC(=O)c2ccc(CS(C)(=O)=O)cc2)(C(=O)O)CC1. The van der Waals surface area contributed by atoms with E-state index in [1.165, 1.54) is 12.1 Å². The molecule has 0 bridgehead atoms. The standard InChI is InChI=1S/C17H23NO5S/c1-12-7-9-17(10-8-12,16(20)21)18-15(19)14-5-3-13(4-6-14)11-24(2,22)23/h3-6,12H,7-11H2,1-2H3,(H,18,19)(H,20,21). The predicted molar refractivity (Wildman–Crippen MR) is 90.5 cm³/mol. The van der Waals surface area contributed by atoms with Crippen LogP contribution in [0.15, 0.2) is 24.3 Å². The fraction of sp³-hybridized carbons (Fsp3) is 0.529. The molecular weight excluding hydrogens is 330 g/mol. The second kappa shape index (κ2) is 6.93. The largest absolute Gasteiger partial charge is 0.480 e. The van der Waals surface area contributed by atoms with Crippen LogP contribution in [-0.4, -0.2) is 37.2 Å². The Labute approximate surface area is 142 Å². The summed E-state index contributed by atoms with van der Waals surface area (Å²) in [6.07, 6.45) is 3.51. The summed E-state index contributed by atoms with van der Waals surface area (Å²) < 4.78 is 22.6. The van der Waals surface area contributed by atoms with Gasteiger partial charge in [-0.05, 0) is 49.3 Å². The van der Waals surface area contributed by atoms with E-state index in [1.54, 1.807) is 12.1 Å². The molecule has 0 unspecified atom stereocenters. The van der Waals surface area contributed by atoms with Crippen LogP contribution in [0.4, 0.5) is 0 Å². The molecule has 0 spiro atoms. The zero-order valence-electron chi connectivity index (χ0n) is 13.9. The summed E-state index contributed by atoms with van der Waals surface area (Å²) in [4.78, 5) is 24.1. The van der Waals surface area contributed by atoms with Crippen molar-refractivity contribution in [2.24, 2.45) is 5.92 Å². The summed E-state index contributed by atoms with van der Waals surface area (Å²) in [5.41, 5.74) is -0.297. The number of carbonyl (C=O) groups excluding carboxylic acids is 1. The fourth-order valence-corrected chi connectivity index (χ4v) is 3.79. The Morgan fingerprint density at radius 3 is 2.21 bits per heavy atom. The van der Waals surface area contributed by atoms with E-state index in [-0.39, 0.29) is 5.75 Å². The molecule has 1 aromatic rings. The highest BCUT2D eigenvalue weighted by atomic mass is 32.2. The first kappa shape index (κ1) is 18.4. The van der Waals surface area contributed by atoms with Gasteiger partial charge in [-0.1, -0.05) is 19.1 Å². The molecule has 7 heteroatoms. The van der Waals surface area contributed by atoms with Gasteiger partial charge in [0.05, 0.1) is 5.75 Å². The Balaban J connectivity index is 2.12. The smallest absolute Gasteiger partial charge is 0.329 e. The minimum atomic E-state index is -3.14. The second-order valence-electron chi connectivity index (χ2n) is 6.79. The van der Waals surface area contributed by atoms with Gasteiger partial charge in [-0.25, -0.2) is 13.2 Å². The van der Waals surface area contributed by atoms with Crippen molar-refractivity contribution >= 4 is 21.7 Å². The van der Waals surface area contributed by atoms with E-state index in [0.717, 1.165) is 19.1 Å². The van der Waals surface area contributed by atoms with Gasteiger partial charge in [-0.15, -0.1) is 0 Å². The van der Waals surface area contributed by atoms with Gasteiger partial charge in [0.15, 0.2) is 9.84 Å². The molecule has 0 atom stereocenters. The van der Waals surface area contributed by atoms with E-state index < -0.39 is 27.3 Å². The predicted octanol–water partition coefficient (Wildman–Crippen LogP) is 1.99. The van der Waals surface area contributed by atoms with Gasteiger partial charge < -0.3 is 10.4 Å². The molecule has 1 saturated carbocycles. The lowest BCUT2D eigenvalue weighted by Crippen LogP contribution is -2.56. The first-order chi connectivity index (χ1) is 11.1. The highest BCUT2D eigenvalue weighted by Crippen LogP contribution is 2.32. The molecule has 2 N–H and O–H groups in total. The zero-order chi connectivity index (χ0) is 18.0. The lowest BCUT2D eigenvalue weighted by Gasteiger charge is -2.36. The lowest BCUT2D eigenvalue weighted by atomic mass is 9.77. The van der Waals surface area contributed by atoms with Crippen LogP contribution < -0.4 is 5.32 Å². The van der Waals surface area contributed by atoms with Crippen LogP contribution in [0, 0.1) is 5.92 Å². The van der Waals surface area contributed by atoms with Crippen LogP contribution in [0.25, 0.3) is 0 Å². The van der Waals surface area contributed by atoms with E-state index in [1.807, 2.05) is 0 Å². The number of aliphatic carboxylic acids is 1. The number of carboxylic acid groups (broad SMARTS) is 1. The van der Waals surface area contributed by atoms with Crippen LogP contribution in [-0.2, 0) is 20.4 Å². The molecule has 0 radical (unpaired) electrons. The Hall–Kier alpha value is -1.89. The average molecular weight is 353 g/mol. The Morgan fingerprint density at radius 1 is 1.21 bits per heavy atom. The van der Waals surface area contributed by atoms with Gasteiger partial charge >= 0.3 is 5.97 Å². The molecule has 1 aromatic carbocycles. The van der Waals surface area contributed by atoms with Gasteiger partial charge in [0, 0.05) is 11.8 Å². The van der Waals surface area contributed by atoms with Crippen LogP contribution in [0.3, 0.4) is 0 Å². The Bertz CT molecular complexity index is 716. The van der Waals surface area contributed by atoms with E-state index in [0.29, 0.717) is 29.9 Å². The monoisotopic (exact) mass is 353 g/mol. The summed E-state index contributed by atoms with van der Waals surface area (Å²) in [6.45, 7) is 2.08. The number of carbonyl (C=O) groups is 2. The molecule has 132 valence electrons. The number of hydrogen-bond donors (Lipinski definition) is 2. The molecule has 1 aliphatic rings. The molecule has 1 amide bonds. The van der Waals surface area contributed by atoms with Crippen molar-refractivity contribution in [1.82, 2.24) is 5.32 Å². The summed E-state index contributed by atoms with van der Waals surface area (Å²) in [5, 5.41) is 12.2. The Morgan fingerprint density at radius 2 is 1.75 bits per heavy atom. The van der Waals surface area contributed by atoms with Gasteiger partial charge in [-0.2, -0.15) is 0 Å². The Kier molecular flexibility index (Phi) is 5.32. The van der Waals surface area contributed by atoms with E-state index >= 15 is 0 Å². The lowest BCUT2D eigenvalue weighted by molar-refractivity contribution is -0.146. The number of carboxylic acids is 1. The molecule has 0 aliphatic heterocycles. The van der Waals surface area contributed by atoms with Crippen molar-refractivity contribution in [3.63, 3.8) is 0 Å². The first-order valence-corrected chi connectivity index (χ1v) is 10.00. The molecule has 2 rings (SSSR count). The minimum Gasteiger partial charge on any atom is -0.480 e. The van der Waals surface area contributed by atoms with Crippen LogP contribution in [0.2, 0.25) is 0 Å². The van der Waals surface area contributed by atoms with Crippen molar-refractivity contribution < 1.29 is 23.1 Å². The highest BCUT2D eigenvalue weighted by Gasteiger charge is 2.42. The van der Waals surface area contributed by atoms with E-state index in [4.69, 9.17) is 0 Å². The number of hydrogen-bond acceptors (Lipinski definition) is 4. The third kappa shape index (κ3) is 4.56. The number of amides is 1. The first-order valence-electron chi connectivity index (χ1n) is 7.94. The number of benzene rings is 1. The van der Waals surface area contributed by atoms with Crippen LogP contribution >= 0.6 is 0 Å². The highest BCUT2D eigenvalue weighted by molar-refractivity contribution is 7.89. The fourth-order valence-electron chi connectivity index (χ4n) is 2.99. The van der Waals surface area contributed by atoms with Crippen molar-refractivity contribution in [3.8, 4) is 0 Å². The van der Waals surface area contributed by atoms with Crippen molar-refractivity contribution in [1.29, 1.82) is 0 Å². The second-order valence-corrected chi connectivity index (χ2v) is 8.93. The molecular formula is C17H23NO5S. The normalized spacial score (nSPS) is 24.3. The maximum Gasteiger partial charge on any atom is 0.329 e. The zero-order valence-corrected chi connectivity index (χ0v) is 14.7. The maximum absolute atomic E-state index is 12.4. The van der Waals surface area contributed by atoms with Gasteiger partial charge in [0.25, 0.3) is 5.91 Å². The maximum atomic E-state index is 12.4. The average Bonchev–Trinajstić information content (AvgIpc) is 2.48. The van der Waals surface area contributed by atoms with E-state index in [2.05, 4.69) is 12.2 Å². The van der Waals surface area contributed by atoms with E-state index in [9.17, 15) is 23.1 Å². The molecule has 0 heterocycles. The van der Waals surface area contributed by atoms with Crippen molar-refractivity contribution in [2.75, 3.05) is 6.26 Å². The van der Waals surface area contributed by atoms with Gasteiger partial charge in [-0.3, -0.25) is 4.79 Å². The van der Waals surface area contributed by atoms with Crippen molar-refractivity contribution in [2.45, 2.75) is 43.9 Å². The minimum absolute atomic E-state index is 0.0914.